The maximum absolute atomic E-state index is 11.3. The Morgan fingerprint density at radius 1 is 1.34 bits per heavy atom. The smallest absolute Gasteiger partial charge is 0.231 e. The first-order valence-corrected chi connectivity index (χ1v) is 9.61. The van der Waals surface area contributed by atoms with Crippen LogP contribution >= 0.6 is 0 Å². The third-order valence-corrected chi connectivity index (χ3v) is 4.90. The Morgan fingerprint density at radius 2 is 2.28 bits per heavy atom. The molecule has 9 nitrogen and oxygen atoms in total. The highest BCUT2D eigenvalue weighted by Crippen LogP contribution is 2.31. The summed E-state index contributed by atoms with van der Waals surface area (Å²) in [6, 6.07) is 7.41. The summed E-state index contributed by atoms with van der Waals surface area (Å²) >= 11 is 0. The predicted molar refractivity (Wildman–Crippen MR) is 107 cm³/mol. The summed E-state index contributed by atoms with van der Waals surface area (Å²) in [6.45, 7) is 3.18. The fourth-order valence-corrected chi connectivity index (χ4v) is 3.49. The number of nitrogens with one attached hydrogen (secondary N) is 2. The van der Waals surface area contributed by atoms with Gasteiger partial charge in [0.05, 0.1) is 17.6 Å². The zero-order valence-electron chi connectivity index (χ0n) is 15.9. The van der Waals surface area contributed by atoms with Gasteiger partial charge in [-0.1, -0.05) is 0 Å². The fraction of sp³-hybridized carbons (Fsp3) is 0.300. The number of hydrogen-bond acceptors (Lipinski definition) is 7. The molecule has 1 aliphatic heterocycles. The van der Waals surface area contributed by atoms with E-state index in [2.05, 4.69) is 25.7 Å². The first-order chi connectivity index (χ1) is 14.2. The number of carbonyl (C=O) groups is 1. The van der Waals surface area contributed by atoms with E-state index in [1.54, 1.807) is 23.0 Å². The van der Waals surface area contributed by atoms with Gasteiger partial charge in [0.25, 0.3) is 0 Å². The molecule has 1 unspecified atom stereocenters. The first-order valence-electron chi connectivity index (χ1n) is 9.61. The normalized spacial score (nSPS) is 16.4. The highest BCUT2D eigenvalue weighted by Gasteiger charge is 2.21. The van der Waals surface area contributed by atoms with Crippen molar-refractivity contribution in [3.05, 3.63) is 36.7 Å². The Balaban J connectivity index is 1.46. The van der Waals surface area contributed by atoms with E-state index in [9.17, 15) is 4.79 Å². The van der Waals surface area contributed by atoms with Gasteiger partial charge < -0.3 is 19.8 Å². The minimum absolute atomic E-state index is 0.0228. The van der Waals surface area contributed by atoms with Crippen LogP contribution in [-0.2, 0) is 4.79 Å². The molecule has 0 saturated carbocycles. The fourth-order valence-electron chi connectivity index (χ4n) is 3.49. The van der Waals surface area contributed by atoms with E-state index in [4.69, 9.17) is 9.15 Å². The number of imidazole rings is 1. The molecule has 1 fully saturated rings. The number of rotatable bonds is 6. The van der Waals surface area contributed by atoms with Crippen molar-refractivity contribution < 1.29 is 13.9 Å². The summed E-state index contributed by atoms with van der Waals surface area (Å²) in [6.07, 6.45) is 4.76. The van der Waals surface area contributed by atoms with Crippen LogP contribution in [0.25, 0.3) is 28.1 Å². The molecule has 0 radical (unpaired) electrons. The Hall–Kier alpha value is -3.62. The molecule has 29 heavy (non-hydrogen) atoms. The summed E-state index contributed by atoms with van der Waals surface area (Å²) in [5.74, 6) is 1.95. The van der Waals surface area contributed by atoms with Crippen LogP contribution in [0, 0.1) is 0 Å². The van der Waals surface area contributed by atoms with Gasteiger partial charge in [0.15, 0.2) is 11.4 Å². The standard InChI is InChI=1S/C20H20N6O3/c1-2-21-20-13-9-16(29-15(13)7-8-22-20)14-10-23-17-4-6-19(25-26(14)17)28-11-12-3-5-18(27)24-12/h4,6-10,12H,2-3,5,11H2,1H3,(H,21,22)(H,24,27). The number of anilines is 1. The van der Waals surface area contributed by atoms with Crippen LogP contribution in [0.3, 0.4) is 0 Å². The lowest BCUT2D eigenvalue weighted by Crippen LogP contribution is -2.31. The largest absolute Gasteiger partial charge is 0.474 e. The van der Waals surface area contributed by atoms with E-state index in [1.165, 1.54) is 0 Å². The zero-order chi connectivity index (χ0) is 19.8. The molecule has 1 aliphatic rings. The van der Waals surface area contributed by atoms with E-state index >= 15 is 0 Å². The number of amides is 1. The number of furan rings is 1. The number of hydrogen-bond donors (Lipinski definition) is 2. The molecule has 5 heterocycles. The number of fused-ring (bicyclic) bond motifs is 2. The van der Waals surface area contributed by atoms with E-state index in [0.29, 0.717) is 30.3 Å². The van der Waals surface area contributed by atoms with Crippen molar-refractivity contribution in [3.8, 4) is 17.3 Å². The van der Waals surface area contributed by atoms with Gasteiger partial charge >= 0.3 is 0 Å². The van der Waals surface area contributed by atoms with Gasteiger partial charge in [-0.2, -0.15) is 0 Å². The highest BCUT2D eigenvalue weighted by molar-refractivity contribution is 5.91. The Morgan fingerprint density at radius 3 is 3.10 bits per heavy atom. The van der Waals surface area contributed by atoms with E-state index < -0.39 is 0 Å². The van der Waals surface area contributed by atoms with Gasteiger partial charge in [-0.25, -0.2) is 14.5 Å². The lowest BCUT2D eigenvalue weighted by atomic mass is 10.2. The minimum Gasteiger partial charge on any atom is -0.474 e. The van der Waals surface area contributed by atoms with Crippen molar-refractivity contribution in [3.63, 3.8) is 0 Å². The molecule has 1 atom stereocenters. The first kappa shape index (κ1) is 17.5. The number of aromatic nitrogens is 4. The molecule has 148 valence electrons. The van der Waals surface area contributed by atoms with E-state index in [-0.39, 0.29) is 11.9 Å². The maximum Gasteiger partial charge on any atom is 0.231 e. The van der Waals surface area contributed by atoms with Crippen LogP contribution in [0.5, 0.6) is 5.88 Å². The molecule has 4 aromatic heterocycles. The Bertz CT molecular complexity index is 1200. The monoisotopic (exact) mass is 392 g/mol. The van der Waals surface area contributed by atoms with Crippen molar-refractivity contribution >= 4 is 28.3 Å². The van der Waals surface area contributed by atoms with Crippen LogP contribution < -0.4 is 15.4 Å². The molecule has 5 rings (SSSR count). The quantitative estimate of drug-likeness (QED) is 0.519. The van der Waals surface area contributed by atoms with Crippen molar-refractivity contribution in [1.29, 1.82) is 0 Å². The molecule has 9 heteroatoms. The molecular formula is C20H20N6O3. The Labute approximate surface area is 166 Å². The molecule has 2 N–H and O–H groups in total. The van der Waals surface area contributed by atoms with Crippen LogP contribution in [0.15, 0.2) is 41.1 Å². The molecular weight excluding hydrogens is 372 g/mol. The number of ether oxygens (including phenoxy) is 1. The van der Waals surface area contributed by atoms with Crippen LogP contribution in [0.2, 0.25) is 0 Å². The molecule has 1 saturated heterocycles. The molecule has 0 bridgehead atoms. The summed E-state index contributed by atoms with van der Waals surface area (Å²) in [7, 11) is 0. The van der Waals surface area contributed by atoms with Crippen molar-refractivity contribution in [2.45, 2.75) is 25.8 Å². The third kappa shape index (κ3) is 3.24. The average Bonchev–Trinajstić information content (AvgIpc) is 3.44. The van der Waals surface area contributed by atoms with Crippen molar-refractivity contribution in [1.82, 2.24) is 24.9 Å². The summed E-state index contributed by atoms with van der Waals surface area (Å²) < 4.78 is 13.5. The topological polar surface area (TPSA) is 107 Å². The van der Waals surface area contributed by atoms with Crippen molar-refractivity contribution in [2.75, 3.05) is 18.5 Å². The van der Waals surface area contributed by atoms with Gasteiger partial charge in [0, 0.05) is 25.2 Å². The van der Waals surface area contributed by atoms with Gasteiger partial charge in [-0.3, -0.25) is 4.79 Å². The second kappa shape index (κ2) is 7.08. The van der Waals surface area contributed by atoms with Gasteiger partial charge in [0.1, 0.15) is 23.7 Å². The number of nitrogens with zero attached hydrogens (tertiary/aromatic N) is 4. The van der Waals surface area contributed by atoms with E-state index in [0.717, 1.165) is 35.4 Å². The van der Waals surface area contributed by atoms with E-state index in [1.807, 2.05) is 25.1 Å². The lowest BCUT2D eigenvalue weighted by molar-refractivity contribution is -0.119. The summed E-state index contributed by atoms with van der Waals surface area (Å²) in [5, 5.41) is 11.6. The maximum atomic E-state index is 11.3. The van der Waals surface area contributed by atoms with Gasteiger partial charge in [0.2, 0.25) is 11.8 Å². The molecule has 4 aromatic rings. The highest BCUT2D eigenvalue weighted by atomic mass is 16.5. The molecule has 0 aliphatic carbocycles. The number of pyridine rings is 1. The van der Waals surface area contributed by atoms with Crippen LogP contribution in [-0.4, -0.2) is 44.7 Å². The lowest BCUT2D eigenvalue weighted by Gasteiger charge is -2.11. The second-order valence-corrected chi connectivity index (χ2v) is 6.91. The minimum atomic E-state index is 0.0228. The molecule has 0 aromatic carbocycles. The number of carbonyl (C=O) groups excluding carboxylic acids is 1. The van der Waals surface area contributed by atoms with Crippen LogP contribution in [0.4, 0.5) is 5.82 Å². The average molecular weight is 392 g/mol. The molecule has 1 amide bonds. The second-order valence-electron chi connectivity index (χ2n) is 6.91. The predicted octanol–water partition coefficient (Wildman–Crippen LogP) is 2.63. The molecule has 0 spiro atoms. The van der Waals surface area contributed by atoms with Gasteiger partial charge in [-0.05, 0) is 31.5 Å². The SMILES string of the molecule is CCNc1nccc2oc(-c3cnc4ccc(OCC5CCC(=O)N5)nn34)cc12. The summed E-state index contributed by atoms with van der Waals surface area (Å²) in [5.41, 5.74) is 2.15. The zero-order valence-corrected chi connectivity index (χ0v) is 15.9. The van der Waals surface area contributed by atoms with Crippen molar-refractivity contribution in [2.24, 2.45) is 0 Å². The third-order valence-electron chi connectivity index (χ3n) is 4.90. The van der Waals surface area contributed by atoms with Crippen LogP contribution in [0.1, 0.15) is 19.8 Å². The summed E-state index contributed by atoms with van der Waals surface area (Å²) in [4.78, 5) is 20.1. The van der Waals surface area contributed by atoms with Gasteiger partial charge in [-0.15, -0.1) is 5.10 Å². The Kier molecular flexibility index (Phi) is 4.27.